The molecule has 0 amide bonds. The number of hydrogen-bond acceptors (Lipinski definition) is 3. The topological polar surface area (TPSA) is 66.9 Å². The van der Waals surface area contributed by atoms with Crippen LogP contribution >= 0.6 is 11.6 Å². The molecule has 1 aromatic carbocycles. The molecular formula is C10H11ClN2OS. The molecule has 2 unspecified atom stereocenters. The van der Waals surface area contributed by atoms with Gasteiger partial charge in [0.15, 0.2) is 0 Å². The normalized spacial score (nSPS) is 14.2. The molecule has 15 heavy (non-hydrogen) atoms. The Bertz CT molecular complexity index is 428. The number of halogens is 1. The number of nitrogens with zero attached hydrogens (tertiary/aromatic N) is 1. The first kappa shape index (κ1) is 12.0. The molecule has 80 valence electrons. The van der Waals surface area contributed by atoms with Crippen LogP contribution in [0.4, 0.5) is 5.69 Å². The van der Waals surface area contributed by atoms with Crippen molar-refractivity contribution in [1.82, 2.24) is 0 Å². The van der Waals surface area contributed by atoms with Gasteiger partial charge in [0.25, 0.3) is 0 Å². The van der Waals surface area contributed by atoms with E-state index in [4.69, 9.17) is 22.6 Å². The summed E-state index contributed by atoms with van der Waals surface area (Å²) in [6.07, 6.45) is 0.532. The average Bonchev–Trinajstić information content (AvgIpc) is 2.19. The van der Waals surface area contributed by atoms with E-state index in [0.717, 1.165) is 0 Å². The van der Waals surface area contributed by atoms with Crippen LogP contribution in [0.15, 0.2) is 23.1 Å². The molecule has 0 spiro atoms. The highest BCUT2D eigenvalue weighted by atomic mass is 35.5. The second-order valence-corrected chi connectivity index (χ2v) is 5.02. The monoisotopic (exact) mass is 242 g/mol. The number of rotatable bonds is 3. The molecule has 0 fully saturated rings. The summed E-state index contributed by atoms with van der Waals surface area (Å²) in [5.74, 6) is 0. The summed E-state index contributed by atoms with van der Waals surface area (Å²) in [7, 11) is -1.39. The van der Waals surface area contributed by atoms with Gasteiger partial charge in [-0.2, -0.15) is 5.26 Å². The number of benzene rings is 1. The minimum atomic E-state index is -1.39. The number of nitrogens with two attached hydrogens (primary N) is 1. The maximum atomic E-state index is 11.9. The van der Waals surface area contributed by atoms with Gasteiger partial charge in [-0.15, -0.1) is 0 Å². The van der Waals surface area contributed by atoms with Crippen molar-refractivity contribution in [3.63, 3.8) is 0 Å². The summed E-state index contributed by atoms with van der Waals surface area (Å²) in [5, 5.41) is 8.62. The molecule has 0 radical (unpaired) electrons. The zero-order valence-corrected chi connectivity index (χ0v) is 9.81. The van der Waals surface area contributed by atoms with E-state index in [-0.39, 0.29) is 0 Å². The van der Waals surface area contributed by atoms with Crippen LogP contribution in [0.3, 0.4) is 0 Å². The summed E-state index contributed by atoms with van der Waals surface area (Å²) < 4.78 is 11.9. The van der Waals surface area contributed by atoms with Gasteiger partial charge in [-0.25, -0.2) is 0 Å². The van der Waals surface area contributed by atoms with Crippen LogP contribution in [-0.2, 0) is 10.8 Å². The molecule has 3 nitrogen and oxygen atoms in total. The van der Waals surface area contributed by atoms with Crippen molar-refractivity contribution >= 4 is 28.1 Å². The summed E-state index contributed by atoms with van der Waals surface area (Å²) in [5.41, 5.74) is 6.04. The van der Waals surface area contributed by atoms with E-state index in [9.17, 15) is 4.21 Å². The van der Waals surface area contributed by atoms with Gasteiger partial charge in [0.2, 0.25) is 0 Å². The lowest BCUT2D eigenvalue weighted by molar-refractivity contribution is 0.676. The van der Waals surface area contributed by atoms with Gasteiger partial charge in [0.05, 0.1) is 26.8 Å². The van der Waals surface area contributed by atoms with Crippen molar-refractivity contribution in [1.29, 1.82) is 5.26 Å². The first-order valence-corrected chi connectivity index (χ1v) is 6.04. The average molecular weight is 243 g/mol. The molecule has 0 aliphatic heterocycles. The molecule has 0 saturated carbocycles. The quantitative estimate of drug-likeness (QED) is 0.828. The van der Waals surface area contributed by atoms with Gasteiger partial charge in [0.1, 0.15) is 5.25 Å². The maximum Gasteiger partial charge on any atom is 0.126 e. The second kappa shape index (κ2) is 5.15. The SMILES string of the molecule is CCC(C#N)S(=O)c1ccc(N)cc1Cl. The molecule has 0 bridgehead atoms. The lowest BCUT2D eigenvalue weighted by Gasteiger charge is -2.08. The van der Waals surface area contributed by atoms with Crippen LogP contribution < -0.4 is 5.73 Å². The molecular weight excluding hydrogens is 232 g/mol. The van der Waals surface area contributed by atoms with Crippen molar-refractivity contribution in [2.45, 2.75) is 23.5 Å². The number of anilines is 1. The number of hydrogen-bond donors (Lipinski definition) is 1. The van der Waals surface area contributed by atoms with E-state index >= 15 is 0 Å². The van der Waals surface area contributed by atoms with Gasteiger partial charge < -0.3 is 5.73 Å². The third-order valence-corrected chi connectivity index (χ3v) is 4.12. The van der Waals surface area contributed by atoms with Crippen molar-refractivity contribution in [3.05, 3.63) is 23.2 Å². The molecule has 1 rings (SSSR count). The van der Waals surface area contributed by atoms with E-state index in [1.807, 2.05) is 13.0 Å². The van der Waals surface area contributed by atoms with Crippen LogP contribution in [0.1, 0.15) is 13.3 Å². The van der Waals surface area contributed by atoms with Crippen LogP contribution in [0.2, 0.25) is 5.02 Å². The Labute approximate surface area is 96.3 Å². The highest BCUT2D eigenvalue weighted by Crippen LogP contribution is 2.24. The van der Waals surface area contributed by atoms with Crippen molar-refractivity contribution in [3.8, 4) is 6.07 Å². The third kappa shape index (κ3) is 2.71. The van der Waals surface area contributed by atoms with Crippen LogP contribution in [-0.4, -0.2) is 9.46 Å². The van der Waals surface area contributed by atoms with Crippen LogP contribution in [0, 0.1) is 11.3 Å². The fourth-order valence-electron chi connectivity index (χ4n) is 1.12. The summed E-state index contributed by atoms with van der Waals surface area (Å²) in [6, 6.07) is 6.78. The van der Waals surface area contributed by atoms with Crippen molar-refractivity contribution in [2.24, 2.45) is 0 Å². The lowest BCUT2D eigenvalue weighted by atomic mass is 10.3. The third-order valence-electron chi connectivity index (χ3n) is 1.95. The van der Waals surface area contributed by atoms with Gasteiger partial charge in [-0.05, 0) is 24.6 Å². The molecule has 0 aliphatic carbocycles. The molecule has 2 N–H and O–H groups in total. The van der Waals surface area contributed by atoms with Crippen molar-refractivity contribution in [2.75, 3.05) is 5.73 Å². The molecule has 0 saturated heterocycles. The standard InChI is InChI=1S/C10H11ClN2OS/c1-2-8(6-12)15(14)10-4-3-7(13)5-9(10)11/h3-5,8H,2,13H2,1H3. The Morgan fingerprint density at radius 2 is 2.33 bits per heavy atom. The van der Waals surface area contributed by atoms with E-state index in [1.54, 1.807) is 18.2 Å². The Balaban J connectivity index is 3.07. The smallest absolute Gasteiger partial charge is 0.126 e. The van der Waals surface area contributed by atoms with Gasteiger partial charge in [0, 0.05) is 5.69 Å². The van der Waals surface area contributed by atoms with E-state index < -0.39 is 16.0 Å². The highest BCUT2D eigenvalue weighted by Gasteiger charge is 2.18. The first-order chi connectivity index (χ1) is 7.10. The minimum Gasteiger partial charge on any atom is -0.399 e. The largest absolute Gasteiger partial charge is 0.399 e. The second-order valence-electron chi connectivity index (χ2n) is 3.01. The van der Waals surface area contributed by atoms with Gasteiger partial charge in [-0.3, -0.25) is 4.21 Å². The number of nitrogen functional groups attached to an aromatic ring is 1. The Kier molecular flexibility index (Phi) is 4.13. The number of nitriles is 1. The molecule has 0 aromatic heterocycles. The maximum absolute atomic E-state index is 11.9. The Morgan fingerprint density at radius 1 is 1.67 bits per heavy atom. The molecule has 0 heterocycles. The fourth-order valence-corrected chi connectivity index (χ4v) is 2.70. The van der Waals surface area contributed by atoms with E-state index in [1.165, 1.54) is 0 Å². The van der Waals surface area contributed by atoms with Crippen molar-refractivity contribution < 1.29 is 4.21 Å². The Hall–Kier alpha value is -1.05. The zero-order valence-electron chi connectivity index (χ0n) is 8.24. The molecule has 2 atom stereocenters. The predicted octanol–water partition coefficient (Wildman–Crippen LogP) is 2.33. The zero-order chi connectivity index (χ0) is 11.4. The minimum absolute atomic E-state index is 0.349. The summed E-state index contributed by atoms with van der Waals surface area (Å²) >= 11 is 5.90. The summed E-state index contributed by atoms with van der Waals surface area (Å²) in [4.78, 5) is 0.472. The predicted molar refractivity (Wildman–Crippen MR) is 62.0 cm³/mol. The van der Waals surface area contributed by atoms with Gasteiger partial charge >= 0.3 is 0 Å². The van der Waals surface area contributed by atoms with Crippen LogP contribution in [0.25, 0.3) is 0 Å². The lowest BCUT2D eigenvalue weighted by Crippen LogP contribution is -2.12. The van der Waals surface area contributed by atoms with E-state index in [2.05, 4.69) is 0 Å². The summed E-state index contributed by atoms with van der Waals surface area (Å²) in [6.45, 7) is 1.82. The highest BCUT2D eigenvalue weighted by molar-refractivity contribution is 7.86. The first-order valence-electron chi connectivity index (χ1n) is 4.45. The van der Waals surface area contributed by atoms with Gasteiger partial charge in [-0.1, -0.05) is 18.5 Å². The van der Waals surface area contributed by atoms with Crippen LogP contribution in [0.5, 0.6) is 0 Å². The fraction of sp³-hybridized carbons (Fsp3) is 0.300. The molecule has 0 aliphatic rings. The Morgan fingerprint density at radius 3 is 2.80 bits per heavy atom. The van der Waals surface area contributed by atoms with E-state index in [0.29, 0.717) is 22.0 Å². The molecule has 1 aromatic rings. The molecule has 5 heteroatoms.